The second kappa shape index (κ2) is 4.69. The number of rotatable bonds is 4. The fraction of sp³-hybridized carbons (Fsp3) is 1.00. The Hall–Kier alpha value is -0.0800. The Morgan fingerprint density at radius 1 is 1.20 bits per heavy atom. The van der Waals surface area contributed by atoms with Crippen LogP contribution in [0.4, 0.5) is 0 Å². The summed E-state index contributed by atoms with van der Waals surface area (Å²) in [5, 5.41) is 1.99. The van der Waals surface area contributed by atoms with Gasteiger partial charge in [-0.15, -0.1) is 0 Å². The Morgan fingerprint density at radius 3 is 1.80 bits per heavy atom. The molecule has 62 valence electrons. The maximum absolute atomic E-state index is 5.49. The molecule has 0 aromatic heterocycles. The lowest BCUT2D eigenvalue weighted by atomic mass is 10.4. The summed E-state index contributed by atoms with van der Waals surface area (Å²) in [4.78, 5) is 5.49. The molecule has 0 radical (unpaired) electrons. The van der Waals surface area contributed by atoms with Crippen molar-refractivity contribution in [3.63, 3.8) is 0 Å². The molecule has 0 aliphatic rings. The molecule has 0 aliphatic heterocycles. The first-order valence-corrected chi connectivity index (χ1v) is 4.01. The zero-order valence-electron chi connectivity index (χ0n) is 7.72. The molecular formula is C8H19NO. The number of hydrogen-bond acceptors (Lipinski definition) is 2. The molecule has 0 saturated carbocycles. The fourth-order valence-corrected chi connectivity index (χ4v) is 0.832. The average Bonchev–Trinajstić information content (AvgIpc) is 1.81. The monoisotopic (exact) mass is 145 g/mol. The second-order valence-corrected chi connectivity index (χ2v) is 2.98. The zero-order valence-corrected chi connectivity index (χ0v) is 7.72. The minimum Gasteiger partial charge on any atom is -0.296 e. The molecule has 0 aliphatic carbocycles. The van der Waals surface area contributed by atoms with Crippen molar-refractivity contribution < 1.29 is 4.84 Å². The molecule has 0 heterocycles. The summed E-state index contributed by atoms with van der Waals surface area (Å²) in [7, 11) is 0. The number of hydroxylamine groups is 2. The summed E-state index contributed by atoms with van der Waals surface area (Å²) in [6, 6.07) is 0.479. The van der Waals surface area contributed by atoms with Gasteiger partial charge in [0.25, 0.3) is 0 Å². The first-order valence-electron chi connectivity index (χ1n) is 4.01. The highest BCUT2D eigenvalue weighted by Gasteiger charge is 2.07. The maximum atomic E-state index is 5.49. The molecular weight excluding hydrogens is 126 g/mol. The lowest BCUT2D eigenvalue weighted by Gasteiger charge is -2.25. The SMILES string of the molecule is CCN(OC(C)C)C(C)C. The van der Waals surface area contributed by atoms with Gasteiger partial charge in [-0.2, -0.15) is 5.06 Å². The lowest BCUT2D eigenvalue weighted by molar-refractivity contribution is -0.203. The van der Waals surface area contributed by atoms with E-state index in [0.29, 0.717) is 12.1 Å². The van der Waals surface area contributed by atoms with Crippen molar-refractivity contribution in [3.05, 3.63) is 0 Å². The predicted octanol–water partition coefficient (Wildman–Crippen LogP) is 2.06. The van der Waals surface area contributed by atoms with E-state index in [4.69, 9.17) is 4.84 Å². The van der Waals surface area contributed by atoms with Gasteiger partial charge >= 0.3 is 0 Å². The van der Waals surface area contributed by atoms with E-state index in [1.807, 2.05) is 18.9 Å². The van der Waals surface area contributed by atoms with Gasteiger partial charge in [0, 0.05) is 12.6 Å². The summed E-state index contributed by atoms with van der Waals surface area (Å²) >= 11 is 0. The fourth-order valence-electron chi connectivity index (χ4n) is 0.832. The van der Waals surface area contributed by atoms with E-state index >= 15 is 0 Å². The van der Waals surface area contributed by atoms with E-state index in [1.54, 1.807) is 0 Å². The van der Waals surface area contributed by atoms with Gasteiger partial charge in [-0.1, -0.05) is 6.92 Å². The van der Waals surface area contributed by atoms with Crippen molar-refractivity contribution in [2.24, 2.45) is 0 Å². The van der Waals surface area contributed by atoms with Crippen LogP contribution in [0.3, 0.4) is 0 Å². The first-order chi connectivity index (χ1) is 4.57. The third-order valence-corrected chi connectivity index (χ3v) is 1.23. The summed E-state index contributed by atoms with van der Waals surface area (Å²) in [6.07, 6.45) is 0.294. The molecule has 0 aromatic rings. The molecule has 10 heavy (non-hydrogen) atoms. The molecule has 0 amide bonds. The third-order valence-electron chi connectivity index (χ3n) is 1.23. The molecule has 2 nitrogen and oxygen atoms in total. The van der Waals surface area contributed by atoms with Crippen LogP contribution in [-0.4, -0.2) is 23.8 Å². The van der Waals surface area contributed by atoms with Crippen molar-refractivity contribution in [3.8, 4) is 0 Å². The summed E-state index contributed by atoms with van der Waals surface area (Å²) in [5.41, 5.74) is 0. The molecule has 0 unspecified atom stereocenters. The van der Waals surface area contributed by atoms with Gasteiger partial charge in [-0.25, -0.2) is 0 Å². The highest BCUT2D eigenvalue weighted by molar-refractivity contribution is 4.49. The van der Waals surface area contributed by atoms with Crippen molar-refractivity contribution in [2.45, 2.75) is 46.8 Å². The molecule has 0 aromatic carbocycles. The highest BCUT2D eigenvalue weighted by atomic mass is 16.7. The van der Waals surface area contributed by atoms with Crippen LogP contribution in [0, 0.1) is 0 Å². The zero-order chi connectivity index (χ0) is 8.15. The standard InChI is InChI=1S/C8H19NO/c1-6-9(7(2)3)10-8(4)5/h7-8H,6H2,1-5H3. The summed E-state index contributed by atoms with van der Waals surface area (Å²) in [6.45, 7) is 11.4. The Kier molecular flexibility index (Phi) is 4.65. The molecule has 0 atom stereocenters. The van der Waals surface area contributed by atoms with Crippen molar-refractivity contribution in [2.75, 3.05) is 6.54 Å². The Balaban J connectivity index is 3.60. The van der Waals surface area contributed by atoms with Gasteiger partial charge in [0.1, 0.15) is 0 Å². The third kappa shape index (κ3) is 3.85. The highest BCUT2D eigenvalue weighted by Crippen LogP contribution is 2.01. The van der Waals surface area contributed by atoms with E-state index in [9.17, 15) is 0 Å². The number of nitrogens with zero attached hydrogens (tertiary/aromatic N) is 1. The lowest BCUT2D eigenvalue weighted by Crippen LogP contribution is -2.33. The van der Waals surface area contributed by atoms with Crippen LogP contribution in [0.25, 0.3) is 0 Å². The normalized spacial score (nSPS) is 12.0. The van der Waals surface area contributed by atoms with E-state index in [2.05, 4.69) is 20.8 Å². The van der Waals surface area contributed by atoms with Crippen LogP contribution >= 0.6 is 0 Å². The summed E-state index contributed by atoms with van der Waals surface area (Å²) in [5.74, 6) is 0. The van der Waals surface area contributed by atoms with Gasteiger partial charge in [-0.05, 0) is 27.7 Å². The van der Waals surface area contributed by atoms with Crippen LogP contribution < -0.4 is 0 Å². The van der Waals surface area contributed by atoms with Gasteiger partial charge < -0.3 is 0 Å². The molecule has 0 saturated heterocycles. The number of hydrogen-bond donors (Lipinski definition) is 0. The minimum atomic E-state index is 0.294. The predicted molar refractivity (Wildman–Crippen MR) is 43.7 cm³/mol. The van der Waals surface area contributed by atoms with Gasteiger partial charge in [0.05, 0.1) is 6.10 Å². The minimum absolute atomic E-state index is 0.294. The molecule has 0 fully saturated rings. The molecule has 0 rings (SSSR count). The quantitative estimate of drug-likeness (QED) is 0.561. The van der Waals surface area contributed by atoms with Gasteiger partial charge in [0.15, 0.2) is 0 Å². The van der Waals surface area contributed by atoms with E-state index in [-0.39, 0.29) is 0 Å². The van der Waals surface area contributed by atoms with Gasteiger partial charge in [-0.3, -0.25) is 4.84 Å². The van der Waals surface area contributed by atoms with Crippen LogP contribution in [0.1, 0.15) is 34.6 Å². The Bertz CT molecular complexity index is 81.3. The van der Waals surface area contributed by atoms with Crippen LogP contribution in [0.5, 0.6) is 0 Å². The molecule has 0 bridgehead atoms. The average molecular weight is 145 g/mol. The van der Waals surface area contributed by atoms with Crippen LogP contribution in [0.2, 0.25) is 0 Å². The van der Waals surface area contributed by atoms with Crippen molar-refractivity contribution in [1.29, 1.82) is 0 Å². The first kappa shape index (κ1) is 9.92. The maximum Gasteiger partial charge on any atom is 0.0737 e. The molecule has 0 spiro atoms. The second-order valence-electron chi connectivity index (χ2n) is 2.98. The van der Waals surface area contributed by atoms with Crippen LogP contribution in [0.15, 0.2) is 0 Å². The van der Waals surface area contributed by atoms with Gasteiger partial charge in [0.2, 0.25) is 0 Å². The smallest absolute Gasteiger partial charge is 0.0737 e. The molecule has 2 heteroatoms. The Morgan fingerprint density at radius 2 is 1.70 bits per heavy atom. The summed E-state index contributed by atoms with van der Waals surface area (Å²) < 4.78 is 0. The van der Waals surface area contributed by atoms with Crippen molar-refractivity contribution in [1.82, 2.24) is 5.06 Å². The van der Waals surface area contributed by atoms with E-state index in [0.717, 1.165) is 6.54 Å². The topological polar surface area (TPSA) is 12.5 Å². The van der Waals surface area contributed by atoms with Crippen LogP contribution in [-0.2, 0) is 4.84 Å². The largest absolute Gasteiger partial charge is 0.296 e. The van der Waals surface area contributed by atoms with Crippen molar-refractivity contribution >= 4 is 0 Å². The Labute approximate surface area is 64.1 Å². The molecule has 0 N–H and O–H groups in total. The van der Waals surface area contributed by atoms with E-state index < -0.39 is 0 Å². The van der Waals surface area contributed by atoms with E-state index in [1.165, 1.54) is 0 Å².